The Morgan fingerprint density at radius 2 is 1.55 bits per heavy atom. The highest BCUT2D eigenvalue weighted by atomic mass is 16.2. The van der Waals surface area contributed by atoms with Crippen molar-refractivity contribution in [3.05, 3.63) is 64.7 Å². The third-order valence-electron chi connectivity index (χ3n) is 3.59. The van der Waals surface area contributed by atoms with Crippen molar-refractivity contribution in [1.82, 2.24) is 0 Å². The van der Waals surface area contributed by atoms with Crippen molar-refractivity contribution >= 4 is 11.6 Å². The monoisotopic (exact) mass is 297 g/mol. The van der Waals surface area contributed by atoms with Crippen LogP contribution in [0.3, 0.4) is 0 Å². The topological polar surface area (TPSA) is 33.5 Å². The maximum atomic E-state index is 12.2. The van der Waals surface area contributed by atoms with E-state index in [0.717, 1.165) is 23.4 Å². The molecular weight excluding hydrogens is 272 g/mol. The average molecular weight is 297 g/mol. The van der Waals surface area contributed by atoms with Crippen LogP contribution >= 0.6 is 0 Å². The van der Waals surface area contributed by atoms with Gasteiger partial charge in [-0.2, -0.15) is 0 Å². The van der Waals surface area contributed by atoms with Crippen molar-refractivity contribution < 1.29 is 9.69 Å². The fourth-order valence-electron chi connectivity index (χ4n) is 2.64. The minimum atomic E-state index is 0.0506. The van der Waals surface area contributed by atoms with Crippen LogP contribution in [0.5, 0.6) is 0 Å². The van der Waals surface area contributed by atoms with Crippen LogP contribution in [0.1, 0.15) is 22.3 Å². The van der Waals surface area contributed by atoms with Gasteiger partial charge in [0.15, 0.2) is 6.54 Å². The van der Waals surface area contributed by atoms with Gasteiger partial charge in [-0.15, -0.1) is 0 Å². The maximum Gasteiger partial charge on any atom is 0.279 e. The van der Waals surface area contributed by atoms with Crippen LogP contribution in [0, 0.1) is 20.8 Å². The first-order chi connectivity index (χ1) is 10.4. The summed E-state index contributed by atoms with van der Waals surface area (Å²) in [4.78, 5) is 13.3. The molecule has 1 atom stereocenters. The number of nitrogens with one attached hydrogen (secondary N) is 2. The number of rotatable bonds is 5. The van der Waals surface area contributed by atoms with Crippen LogP contribution in [-0.2, 0) is 11.3 Å². The van der Waals surface area contributed by atoms with Gasteiger partial charge in [0.05, 0.1) is 7.05 Å². The van der Waals surface area contributed by atoms with Gasteiger partial charge in [-0.3, -0.25) is 4.79 Å². The normalized spacial score (nSPS) is 12.0. The van der Waals surface area contributed by atoms with Gasteiger partial charge in [0.1, 0.15) is 6.54 Å². The molecule has 0 radical (unpaired) electrons. The minimum absolute atomic E-state index is 0.0506. The van der Waals surface area contributed by atoms with Crippen molar-refractivity contribution in [2.45, 2.75) is 27.3 Å². The Morgan fingerprint density at radius 3 is 2.14 bits per heavy atom. The van der Waals surface area contributed by atoms with Gasteiger partial charge in [-0.1, -0.05) is 35.9 Å². The molecule has 0 saturated carbocycles. The molecule has 1 amide bonds. The van der Waals surface area contributed by atoms with Gasteiger partial charge in [-0.05, 0) is 44.0 Å². The Morgan fingerprint density at radius 1 is 0.955 bits per heavy atom. The molecule has 0 aliphatic carbocycles. The van der Waals surface area contributed by atoms with E-state index in [2.05, 4.69) is 42.6 Å². The van der Waals surface area contributed by atoms with E-state index >= 15 is 0 Å². The van der Waals surface area contributed by atoms with Crippen molar-refractivity contribution in [2.75, 3.05) is 18.9 Å². The molecule has 2 N–H and O–H groups in total. The minimum Gasteiger partial charge on any atom is -0.326 e. The molecule has 0 fully saturated rings. The number of likely N-dealkylation sites (N-methyl/N-ethyl adjacent to an activating group) is 1. The molecule has 2 aromatic rings. The molecule has 2 aromatic carbocycles. The summed E-state index contributed by atoms with van der Waals surface area (Å²) < 4.78 is 0. The van der Waals surface area contributed by atoms with Crippen LogP contribution in [-0.4, -0.2) is 19.5 Å². The second kappa shape index (κ2) is 7.23. The first kappa shape index (κ1) is 16.2. The van der Waals surface area contributed by atoms with E-state index in [9.17, 15) is 4.79 Å². The standard InChI is InChI=1S/C19H24N2O/c1-14-5-7-17(8-6-14)12-21(4)13-19(22)20-18-10-15(2)9-16(3)11-18/h5-11H,12-13H2,1-4H3,(H,20,22)/p+1. The number of anilines is 1. The second-order valence-electron chi connectivity index (χ2n) is 6.22. The van der Waals surface area contributed by atoms with Crippen LogP contribution in [0.15, 0.2) is 42.5 Å². The lowest BCUT2D eigenvalue weighted by atomic mass is 10.1. The SMILES string of the molecule is Cc1ccc(C[NH+](C)CC(=O)Nc2cc(C)cc(C)c2)cc1. The van der Waals surface area contributed by atoms with E-state index in [4.69, 9.17) is 0 Å². The lowest BCUT2D eigenvalue weighted by Gasteiger charge is -2.14. The van der Waals surface area contributed by atoms with Gasteiger partial charge in [0, 0.05) is 11.3 Å². The number of benzene rings is 2. The van der Waals surface area contributed by atoms with Gasteiger partial charge in [0.25, 0.3) is 5.91 Å². The zero-order valence-corrected chi connectivity index (χ0v) is 13.9. The van der Waals surface area contributed by atoms with Crippen LogP contribution in [0.4, 0.5) is 5.69 Å². The predicted octanol–water partition coefficient (Wildman–Crippen LogP) is 2.27. The van der Waals surface area contributed by atoms with E-state index in [-0.39, 0.29) is 5.91 Å². The molecule has 0 heterocycles. The molecule has 0 saturated heterocycles. The summed E-state index contributed by atoms with van der Waals surface area (Å²) in [5.74, 6) is 0.0506. The fraction of sp³-hybridized carbons (Fsp3) is 0.316. The number of hydrogen-bond donors (Lipinski definition) is 2. The van der Waals surface area contributed by atoms with Crippen LogP contribution in [0.25, 0.3) is 0 Å². The lowest BCUT2D eigenvalue weighted by Crippen LogP contribution is -3.08. The highest BCUT2D eigenvalue weighted by Crippen LogP contribution is 2.13. The quantitative estimate of drug-likeness (QED) is 0.872. The van der Waals surface area contributed by atoms with Crippen molar-refractivity contribution in [3.63, 3.8) is 0 Å². The van der Waals surface area contributed by atoms with E-state index < -0.39 is 0 Å². The Hall–Kier alpha value is -2.13. The average Bonchev–Trinajstić information content (AvgIpc) is 2.39. The van der Waals surface area contributed by atoms with Crippen LogP contribution < -0.4 is 10.2 Å². The third-order valence-corrected chi connectivity index (χ3v) is 3.59. The van der Waals surface area contributed by atoms with E-state index in [0.29, 0.717) is 6.54 Å². The van der Waals surface area contributed by atoms with Crippen molar-refractivity contribution in [2.24, 2.45) is 0 Å². The molecule has 116 valence electrons. The number of carbonyl (C=O) groups is 1. The molecule has 0 spiro atoms. The zero-order chi connectivity index (χ0) is 16.1. The number of carbonyl (C=O) groups excluding carboxylic acids is 1. The van der Waals surface area contributed by atoms with Crippen molar-refractivity contribution in [1.29, 1.82) is 0 Å². The maximum absolute atomic E-state index is 12.2. The summed E-state index contributed by atoms with van der Waals surface area (Å²) in [6, 6.07) is 14.6. The largest absolute Gasteiger partial charge is 0.326 e. The molecule has 22 heavy (non-hydrogen) atoms. The number of amides is 1. The molecule has 3 heteroatoms. The summed E-state index contributed by atoms with van der Waals surface area (Å²) >= 11 is 0. The molecule has 0 aliphatic rings. The lowest BCUT2D eigenvalue weighted by molar-refractivity contribution is -0.885. The molecule has 3 nitrogen and oxygen atoms in total. The third kappa shape index (κ3) is 5.01. The Bertz CT molecular complexity index is 627. The molecule has 0 aliphatic heterocycles. The molecule has 0 aromatic heterocycles. The summed E-state index contributed by atoms with van der Waals surface area (Å²) in [7, 11) is 2.04. The highest BCUT2D eigenvalue weighted by molar-refractivity contribution is 5.91. The molecule has 2 rings (SSSR count). The van der Waals surface area contributed by atoms with E-state index in [1.54, 1.807) is 0 Å². The van der Waals surface area contributed by atoms with Crippen LogP contribution in [0.2, 0.25) is 0 Å². The van der Waals surface area contributed by atoms with Gasteiger partial charge in [-0.25, -0.2) is 0 Å². The van der Waals surface area contributed by atoms with Gasteiger partial charge < -0.3 is 10.2 Å². The fourth-order valence-corrected chi connectivity index (χ4v) is 2.64. The van der Waals surface area contributed by atoms with Gasteiger partial charge in [0.2, 0.25) is 0 Å². The highest BCUT2D eigenvalue weighted by Gasteiger charge is 2.11. The first-order valence-electron chi connectivity index (χ1n) is 7.67. The van der Waals surface area contributed by atoms with Gasteiger partial charge >= 0.3 is 0 Å². The Kier molecular flexibility index (Phi) is 5.34. The predicted molar refractivity (Wildman–Crippen MR) is 91.2 cm³/mol. The first-order valence-corrected chi connectivity index (χ1v) is 7.67. The number of hydrogen-bond acceptors (Lipinski definition) is 1. The molecular formula is C19H25N2O+. The zero-order valence-electron chi connectivity index (χ0n) is 13.9. The smallest absolute Gasteiger partial charge is 0.279 e. The Balaban J connectivity index is 1.89. The van der Waals surface area contributed by atoms with E-state index in [1.807, 2.05) is 33.0 Å². The molecule has 0 bridgehead atoms. The van der Waals surface area contributed by atoms with E-state index in [1.165, 1.54) is 16.0 Å². The number of aryl methyl sites for hydroxylation is 3. The summed E-state index contributed by atoms with van der Waals surface area (Å²) in [5, 5.41) is 2.99. The summed E-state index contributed by atoms with van der Waals surface area (Å²) in [6.45, 7) is 7.47. The summed E-state index contributed by atoms with van der Waals surface area (Å²) in [5.41, 5.74) is 5.72. The van der Waals surface area contributed by atoms with Crippen molar-refractivity contribution in [3.8, 4) is 0 Å². The number of quaternary nitrogens is 1. The molecule has 1 unspecified atom stereocenters. The Labute approximate surface area is 133 Å². The second-order valence-corrected chi connectivity index (χ2v) is 6.22. The summed E-state index contributed by atoms with van der Waals surface area (Å²) in [6.07, 6.45) is 0.